The normalized spacial score (nSPS) is 33.1. The minimum Gasteiger partial charge on any atom is -0.394 e. The summed E-state index contributed by atoms with van der Waals surface area (Å²) >= 11 is 0. The van der Waals surface area contributed by atoms with Crippen LogP contribution in [0, 0.1) is 5.92 Å². The molecule has 0 bridgehead atoms. The van der Waals surface area contributed by atoms with E-state index in [2.05, 4.69) is 19.2 Å². The van der Waals surface area contributed by atoms with Gasteiger partial charge in [0.1, 0.15) is 6.10 Å². The van der Waals surface area contributed by atoms with Crippen LogP contribution in [0.25, 0.3) is 0 Å². The van der Waals surface area contributed by atoms with Crippen molar-refractivity contribution < 1.29 is 14.6 Å². The van der Waals surface area contributed by atoms with Crippen LogP contribution >= 0.6 is 0 Å². The zero-order chi connectivity index (χ0) is 13.1. The zero-order valence-electron chi connectivity index (χ0n) is 11.3. The highest BCUT2D eigenvalue weighted by atomic mass is 16.5. The Morgan fingerprint density at radius 1 is 1.56 bits per heavy atom. The lowest BCUT2D eigenvalue weighted by molar-refractivity contribution is -0.146. The Bertz CT molecular complexity index is 290. The molecule has 0 aromatic heterocycles. The van der Waals surface area contributed by atoms with E-state index in [4.69, 9.17) is 4.74 Å². The summed E-state index contributed by atoms with van der Waals surface area (Å²) in [4.78, 5) is 14.2. The van der Waals surface area contributed by atoms with Crippen molar-refractivity contribution >= 4 is 5.91 Å². The fraction of sp³-hybridized carbons (Fsp3) is 0.923. The van der Waals surface area contributed by atoms with Gasteiger partial charge in [-0.05, 0) is 18.8 Å². The van der Waals surface area contributed by atoms with Crippen molar-refractivity contribution in [2.45, 2.75) is 44.9 Å². The summed E-state index contributed by atoms with van der Waals surface area (Å²) in [7, 11) is 0. The molecule has 1 amide bonds. The van der Waals surface area contributed by atoms with Crippen LogP contribution in [-0.4, -0.2) is 60.4 Å². The third-order valence-electron chi connectivity index (χ3n) is 3.95. The number of piperazine rings is 1. The average Bonchev–Trinajstić information content (AvgIpc) is 2.90. The molecule has 104 valence electrons. The molecule has 0 aromatic carbocycles. The van der Waals surface area contributed by atoms with E-state index in [0.717, 1.165) is 12.8 Å². The minimum absolute atomic E-state index is 0.0102. The number of ether oxygens (including phenoxy) is 1. The molecule has 2 heterocycles. The van der Waals surface area contributed by atoms with E-state index in [0.29, 0.717) is 31.7 Å². The summed E-state index contributed by atoms with van der Waals surface area (Å²) in [5.41, 5.74) is 0. The van der Waals surface area contributed by atoms with E-state index in [9.17, 15) is 9.90 Å². The van der Waals surface area contributed by atoms with Crippen molar-refractivity contribution in [1.82, 2.24) is 10.2 Å². The van der Waals surface area contributed by atoms with Crippen LogP contribution in [0.3, 0.4) is 0 Å². The second-order valence-corrected chi connectivity index (χ2v) is 5.59. The molecular weight excluding hydrogens is 232 g/mol. The Balaban J connectivity index is 2.03. The highest BCUT2D eigenvalue weighted by molar-refractivity contribution is 5.81. The quantitative estimate of drug-likeness (QED) is 0.745. The number of carbonyl (C=O) groups excluding carboxylic acids is 1. The number of nitrogens with zero attached hydrogens (tertiary/aromatic N) is 1. The summed E-state index contributed by atoms with van der Waals surface area (Å²) in [5.74, 6) is 0.531. The van der Waals surface area contributed by atoms with E-state index in [1.807, 2.05) is 4.90 Å². The Kier molecular flexibility index (Phi) is 4.59. The molecule has 0 saturated carbocycles. The lowest BCUT2D eigenvalue weighted by Gasteiger charge is -2.42. The van der Waals surface area contributed by atoms with Gasteiger partial charge in [0.05, 0.1) is 12.6 Å². The van der Waals surface area contributed by atoms with Crippen LogP contribution in [0.15, 0.2) is 0 Å². The predicted molar refractivity (Wildman–Crippen MR) is 68.2 cm³/mol. The van der Waals surface area contributed by atoms with Gasteiger partial charge in [-0.1, -0.05) is 13.8 Å². The second kappa shape index (κ2) is 5.99. The van der Waals surface area contributed by atoms with Crippen molar-refractivity contribution in [3.63, 3.8) is 0 Å². The molecule has 2 rings (SSSR count). The van der Waals surface area contributed by atoms with Crippen LogP contribution in [-0.2, 0) is 9.53 Å². The van der Waals surface area contributed by atoms with Crippen molar-refractivity contribution in [1.29, 1.82) is 0 Å². The third kappa shape index (κ3) is 2.84. The van der Waals surface area contributed by atoms with Crippen LogP contribution in [0.5, 0.6) is 0 Å². The van der Waals surface area contributed by atoms with Gasteiger partial charge < -0.3 is 20.1 Å². The van der Waals surface area contributed by atoms with E-state index in [-0.39, 0.29) is 24.7 Å². The van der Waals surface area contributed by atoms with Gasteiger partial charge >= 0.3 is 0 Å². The number of carbonyl (C=O) groups is 1. The molecule has 18 heavy (non-hydrogen) atoms. The highest BCUT2D eigenvalue weighted by Gasteiger charge is 2.36. The standard InChI is InChI=1S/C13H24N2O3/c1-9(2)11-7-15(10(8-16)6-14-11)13(17)12-4-3-5-18-12/h9-12,14,16H,3-8H2,1-2H3. The molecule has 3 unspecified atom stereocenters. The van der Waals surface area contributed by atoms with Gasteiger partial charge in [-0.2, -0.15) is 0 Å². The maximum absolute atomic E-state index is 12.4. The second-order valence-electron chi connectivity index (χ2n) is 5.59. The zero-order valence-corrected chi connectivity index (χ0v) is 11.3. The summed E-state index contributed by atoms with van der Waals surface area (Å²) in [6.45, 7) is 6.31. The van der Waals surface area contributed by atoms with Crippen molar-refractivity contribution in [2.75, 3.05) is 26.3 Å². The molecule has 5 nitrogen and oxygen atoms in total. The lowest BCUT2D eigenvalue weighted by Crippen LogP contribution is -2.62. The average molecular weight is 256 g/mol. The Hall–Kier alpha value is -0.650. The van der Waals surface area contributed by atoms with E-state index >= 15 is 0 Å². The van der Waals surface area contributed by atoms with Crippen molar-refractivity contribution in [3.8, 4) is 0 Å². The summed E-state index contributed by atoms with van der Waals surface area (Å²) in [6, 6.07) is 0.190. The number of rotatable bonds is 3. The molecule has 0 aromatic rings. The van der Waals surface area contributed by atoms with Crippen molar-refractivity contribution in [2.24, 2.45) is 5.92 Å². The van der Waals surface area contributed by atoms with Crippen LogP contribution in [0.1, 0.15) is 26.7 Å². The van der Waals surface area contributed by atoms with Gasteiger partial charge in [0.15, 0.2) is 0 Å². The fourth-order valence-corrected chi connectivity index (χ4v) is 2.66. The Morgan fingerprint density at radius 2 is 2.33 bits per heavy atom. The van der Waals surface area contributed by atoms with Gasteiger partial charge in [0.25, 0.3) is 5.91 Å². The smallest absolute Gasteiger partial charge is 0.252 e. The van der Waals surface area contributed by atoms with Gasteiger partial charge in [-0.15, -0.1) is 0 Å². The summed E-state index contributed by atoms with van der Waals surface area (Å²) in [5, 5.41) is 12.8. The first-order valence-corrected chi connectivity index (χ1v) is 6.89. The topological polar surface area (TPSA) is 61.8 Å². The Morgan fingerprint density at radius 3 is 2.89 bits per heavy atom. The van der Waals surface area contributed by atoms with E-state index in [1.165, 1.54) is 0 Å². The number of hydrogen-bond acceptors (Lipinski definition) is 4. The van der Waals surface area contributed by atoms with E-state index in [1.54, 1.807) is 0 Å². The lowest BCUT2D eigenvalue weighted by atomic mass is 9.99. The molecule has 0 aliphatic carbocycles. The van der Waals surface area contributed by atoms with Crippen LogP contribution in [0.2, 0.25) is 0 Å². The summed E-state index contributed by atoms with van der Waals surface area (Å²) < 4.78 is 5.46. The SMILES string of the molecule is CC(C)C1CN(C(=O)C2CCCO2)C(CO)CN1. The molecule has 2 aliphatic heterocycles. The maximum Gasteiger partial charge on any atom is 0.252 e. The number of amides is 1. The first kappa shape index (κ1) is 13.8. The highest BCUT2D eigenvalue weighted by Crippen LogP contribution is 2.19. The maximum atomic E-state index is 12.4. The van der Waals surface area contributed by atoms with Gasteiger partial charge in [0.2, 0.25) is 0 Å². The minimum atomic E-state index is -0.287. The molecule has 3 atom stereocenters. The molecule has 0 spiro atoms. The molecule has 2 fully saturated rings. The van der Waals surface area contributed by atoms with Gasteiger partial charge in [-0.3, -0.25) is 4.79 Å². The van der Waals surface area contributed by atoms with Gasteiger partial charge in [0, 0.05) is 25.7 Å². The van der Waals surface area contributed by atoms with E-state index < -0.39 is 0 Å². The number of aliphatic hydroxyl groups excluding tert-OH is 1. The molecule has 2 saturated heterocycles. The fourth-order valence-electron chi connectivity index (χ4n) is 2.66. The first-order valence-electron chi connectivity index (χ1n) is 6.89. The summed E-state index contributed by atoms with van der Waals surface area (Å²) in [6.07, 6.45) is 1.48. The molecule has 0 radical (unpaired) electrons. The Labute approximate surface area is 108 Å². The number of hydrogen-bond donors (Lipinski definition) is 2. The third-order valence-corrected chi connectivity index (χ3v) is 3.95. The molecular formula is C13H24N2O3. The van der Waals surface area contributed by atoms with Gasteiger partial charge in [-0.25, -0.2) is 0 Å². The van der Waals surface area contributed by atoms with Crippen molar-refractivity contribution in [3.05, 3.63) is 0 Å². The number of aliphatic hydroxyl groups is 1. The monoisotopic (exact) mass is 256 g/mol. The molecule has 2 N–H and O–H groups in total. The van der Waals surface area contributed by atoms with Crippen LogP contribution in [0.4, 0.5) is 0 Å². The molecule has 2 aliphatic rings. The van der Waals surface area contributed by atoms with Crippen LogP contribution < -0.4 is 5.32 Å². The first-order chi connectivity index (χ1) is 8.63. The number of nitrogens with one attached hydrogen (secondary N) is 1. The largest absolute Gasteiger partial charge is 0.394 e. The predicted octanol–water partition coefficient (Wildman–Crippen LogP) is -0.0173. The molecule has 5 heteroatoms.